The van der Waals surface area contributed by atoms with Crippen LogP contribution in [0.5, 0.6) is 11.5 Å². The zero-order valence-corrected chi connectivity index (χ0v) is 14.2. The number of carboxylic acids is 1. The second kappa shape index (κ2) is 8.41. The molecular weight excluding hydrogens is 355 g/mol. The zero-order chi connectivity index (χ0) is 19.2. The highest BCUT2D eigenvalue weighted by molar-refractivity contribution is 5.92. The van der Waals surface area contributed by atoms with Crippen molar-refractivity contribution in [1.29, 1.82) is 0 Å². The molecule has 1 amide bonds. The van der Waals surface area contributed by atoms with E-state index in [1.807, 2.05) is 0 Å². The van der Waals surface area contributed by atoms with Crippen LogP contribution in [0.3, 0.4) is 0 Å². The van der Waals surface area contributed by atoms with Crippen molar-refractivity contribution in [2.24, 2.45) is 0 Å². The molecule has 1 atom stereocenters. The summed E-state index contributed by atoms with van der Waals surface area (Å²) in [4.78, 5) is 28.4. The summed E-state index contributed by atoms with van der Waals surface area (Å²) in [6.45, 7) is 0.440. The van der Waals surface area contributed by atoms with Crippen molar-refractivity contribution in [3.05, 3.63) is 60.2 Å². The van der Waals surface area contributed by atoms with Crippen molar-refractivity contribution >= 4 is 18.0 Å². The highest BCUT2D eigenvalue weighted by atomic mass is 19.1. The Morgan fingerprint density at radius 3 is 2.93 bits per heavy atom. The number of carboxylic acid groups (broad SMARTS) is 1. The summed E-state index contributed by atoms with van der Waals surface area (Å²) in [5.74, 6) is -1.59. The maximum Gasteiger partial charge on any atom is 0.334 e. The van der Waals surface area contributed by atoms with Crippen LogP contribution in [0.1, 0.15) is 5.56 Å². The Hall–Kier alpha value is -3.26. The fourth-order valence-electron chi connectivity index (χ4n) is 2.51. The molecule has 1 aliphatic heterocycles. The molecule has 0 aliphatic carbocycles. The van der Waals surface area contributed by atoms with E-state index < -0.39 is 17.9 Å². The van der Waals surface area contributed by atoms with Gasteiger partial charge in [-0.15, -0.1) is 0 Å². The Morgan fingerprint density at radius 1 is 1.37 bits per heavy atom. The highest BCUT2D eigenvalue weighted by Crippen LogP contribution is 2.24. The largest absolute Gasteiger partial charge is 0.479 e. The molecule has 1 aromatic heterocycles. The molecule has 2 aromatic rings. The van der Waals surface area contributed by atoms with Crippen molar-refractivity contribution in [2.75, 3.05) is 19.7 Å². The lowest BCUT2D eigenvalue weighted by molar-refractivity contribution is -0.158. The van der Waals surface area contributed by atoms with Crippen molar-refractivity contribution < 1.29 is 28.6 Å². The number of hydrogen-bond donors (Lipinski definition) is 1. The monoisotopic (exact) mass is 372 g/mol. The molecule has 1 aliphatic rings. The van der Waals surface area contributed by atoms with Crippen LogP contribution >= 0.6 is 0 Å². The van der Waals surface area contributed by atoms with E-state index in [2.05, 4.69) is 4.98 Å². The van der Waals surface area contributed by atoms with Gasteiger partial charge in [-0.3, -0.25) is 9.78 Å². The fraction of sp³-hybridized carbons (Fsp3) is 0.211. The second-order valence-corrected chi connectivity index (χ2v) is 5.80. The summed E-state index contributed by atoms with van der Waals surface area (Å²) in [7, 11) is 0. The van der Waals surface area contributed by atoms with Crippen LogP contribution in [0, 0.1) is 5.82 Å². The molecule has 7 nitrogen and oxygen atoms in total. The molecule has 1 fully saturated rings. The molecular formula is C19H17FN2O5. The van der Waals surface area contributed by atoms with Gasteiger partial charge in [-0.25, -0.2) is 9.18 Å². The number of carbonyl (C=O) groups excluding carboxylic acids is 1. The standard InChI is InChI=1S/C19H17FN2O5/c20-15-10-13(3-5-16(15)27-14-2-1-7-21-11-14)4-6-18(23)22-8-9-26-17(12-22)19(24)25/h1-7,10-11,17H,8-9,12H2,(H,24,25)/b6-4+. The number of hydrogen-bond acceptors (Lipinski definition) is 5. The van der Waals surface area contributed by atoms with Gasteiger partial charge in [-0.1, -0.05) is 6.07 Å². The number of aliphatic carboxylic acids is 1. The number of aromatic nitrogens is 1. The molecule has 1 saturated heterocycles. The van der Waals surface area contributed by atoms with Gasteiger partial charge in [-0.2, -0.15) is 0 Å². The Bertz CT molecular complexity index is 856. The van der Waals surface area contributed by atoms with E-state index in [9.17, 15) is 14.0 Å². The van der Waals surface area contributed by atoms with E-state index in [0.717, 1.165) is 0 Å². The summed E-state index contributed by atoms with van der Waals surface area (Å²) in [5, 5.41) is 8.97. The maximum absolute atomic E-state index is 14.2. The van der Waals surface area contributed by atoms with Crippen LogP contribution in [0.4, 0.5) is 4.39 Å². The molecule has 0 saturated carbocycles. The van der Waals surface area contributed by atoms with Gasteiger partial charge in [0.05, 0.1) is 19.3 Å². The second-order valence-electron chi connectivity index (χ2n) is 5.80. The number of pyridine rings is 1. The molecule has 2 heterocycles. The molecule has 27 heavy (non-hydrogen) atoms. The third-order valence-electron chi connectivity index (χ3n) is 3.89. The summed E-state index contributed by atoms with van der Waals surface area (Å²) < 4.78 is 24.7. The SMILES string of the molecule is O=C(O)C1CN(C(=O)/C=C/c2ccc(Oc3cccnc3)c(F)c2)CCO1. The summed E-state index contributed by atoms with van der Waals surface area (Å²) in [6.07, 6.45) is 4.77. The lowest BCUT2D eigenvalue weighted by atomic mass is 10.2. The minimum atomic E-state index is -1.11. The maximum atomic E-state index is 14.2. The number of carbonyl (C=O) groups is 2. The van der Waals surface area contributed by atoms with Gasteiger partial charge in [0.1, 0.15) is 5.75 Å². The van der Waals surface area contributed by atoms with Gasteiger partial charge < -0.3 is 19.5 Å². The first-order valence-electron chi connectivity index (χ1n) is 8.22. The molecule has 8 heteroatoms. The van der Waals surface area contributed by atoms with Gasteiger partial charge in [0.2, 0.25) is 5.91 Å². The van der Waals surface area contributed by atoms with Gasteiger partial charge in [0.15, 0.2) is 17.7 Å². The third kappa shape index (κ3) is 4.89. The Labute approximate surface area is 154 Å². The van der Waals surface area contributed by atoms with Gasteiger partial charge in [0.25, 0.3) is 0 Å². The van der Waals surface area contributed by atoms with Crippen LogP contribution in [0.15, 0.2) is 48.8 Å². The van der Waals surface area contributed by atoms with Crippen molar-refractivity contribution in [1.82, 2.24) is 9.88 Å². The molecule has 0 spiro atoms. The topological polar surface area (TPSA) is 89.0 Å². The number of morpholine rings is 1. The molecule has 0 bridgehead atoms. The number of ether oxygens (including phenoxy) is 2. The first-order chi connectivity index (χ1) is 13.0. The predicted octanol–water partition coefficient (Wildman–Crippen LogP) is 2.34. The molecule has 0 radical (unpaired) electrons. The minimum absolute atomic E-state index is 0.0231. The minimum Gasteiger partial charge on any atom is -0.479 e. The normalized spacial score (nSPS) is 17.1. The smallest absolute Gasteiger partial charge is 0.334 e. The quantitative estimate of drug-likeness (QED) is 0.811. The molecule has 140 valence electrons. The van der Waals surface area contributed by atoms with Gasteiger partial charge >= 0.3 is 5.97 Å². The van der Waals surface area contributed by atoms with Gasteiger partial charge in [-0.05, 0) is 35.9 Å². The number of amides is 1. The van der Waals surface area contributed by atoms with E-state index in [1.165, 1.54) is 35.4 Å². The number of halogens is 1. The zero-order valence-electron chi connectivity index (χ0n) is 14.2. The van der Waals surface area contributed by atoms with Crippen LogP contribution < -0.4 is 4.74 Å². The molecule has 1 N–H and O–H groups in total. The van der Waals surface area contributed by atoms with E-state index >= 15 is 0 Å². The molecule has 3 rings (SSSR count). The summed E-state index contributed by atoms with van der Waals surface area (Å²) in [5.41, 5.74) is 0.474. The van der Waals surface area contributed by atoms with Gasteiger partial charge in [0, 0.05) is 18.8 Å². The average Bonchev–Trinajstić information content (AvgIpc) is 2.69. The third-order valence-corrected chi connectivity index (χ3v) is 3.89. The lowest BCUT2D eigenvalue weighted by Gasteiger charge is -2.30. The first kappa shape index (κ1) is 18.5. The van der Waals surface area contributed by atoms with E-state index in [0.29, 0.717) is 17.9 Å². The van der Waals surface area contributed by atoms with Crippen LogP contribution in [0.25, 0.3) is 6.08 Å². The van der Waals surface area contributed by atoms with Crippen molar-refractivity contribution in [3.63, 3.8) is 0 Å². The lowest BCUT2D eigenvalue weighted by Crippen LogP contribution is -2.48. The Kier molecular flexibility index (Phi) is 5.77. The number of rotatable bonds is 5. The number of benzene rings is 1. The first-order valence-corrected chi connectivity index (χ1v) is 8.22. The molecule has 1 unspecified atom stereocenters. The average molecular weight is 372 g/mol. The van der Waals surface area contributed by atoms with E-state index in [4.69, 9.17) is 14.6 Å². The van der Waals surface area contributed by atoms with Crippen molar-refractivity contribution in [2.45, 2.75) is 6.10 Å². The fourth-order valence-corrected chi connectivity index (χ4v) is 2.51. The van der Waals surface area contributed by atoms with E-state index in [1.54, 1.807) is 24.4 Å². The summed E-state index contributed by atoms with van der Waals surface area (Å²) >= 11 is 0. The highest BCUT2D eigenvalue weighted by Gasteiger charge is 2.27. The van der Waals surface area contributed by atoms with Crippen LogP contribution in [-0.2, 0) is 14.3 Å². The van der Waals surface area contributed by atoms with Crippen LogP contribution in [0.2, 0.25) is 0 Å². The Balaban J connectivity index is 1.64. The summed E-state index contributed by atoms with van der Waals surface area (Å²) in [6, 6.07) is 7.65. The predicted molar refractivity (Wildman–Crippen MR) is 93.7 cm³/mol. The van der Waals surface area contributed by atoms with E-state index in [-0.39, 0.29) is 24.8 Å². The number of nitrogens with zero attached hydrogens (tertiary/aromatic N) is 2. The molecule has 1 aromatic carbocycles. The van der Waals surface area contributed by atoms with Crippen LogP contribution in [-0.4, -0.2) is 52.7 Å². The Morgan fingerprint density at radius 2 is 2.22 bits per heavy atom. The van der Waals surface area contributed by atoms with Crippen molar-refractivity contribution in [3.8, 4) is 11.5 Å².